The molecule has 1 amide bonds. The number of benzene rings is 2. The summed E-state index contributed by atoms with van der Waals surface area (Å²) in [5, 5.41) is 8.89. The van der Waals surface area contributed by atoms with Crippen LogP contribution in [0.3, 0.4) is 0 Å². The normalized spacial score (nSPS) is 15.3. The Bertz CT molecular complexity index is 1370. The number of ether oxygens (including phenoxy) is 2. The standard InChI is InChI=1S/C27H26Cl2N4O3/c1-18-13-21(36-12-11-35-2)10-6-9-20(15-30-18)27(34)32-25-22-16-31-33(17-19-7-4-3-5-8-19)26(22)24(29)14-23(25)28/h3-8,10,13-16H,9,11-12,17H2,1-2H3,(H,32,34)/b10-6?,20-15+,21-13?,30-18?. The summed E-state index contributed by atoms with van der Waals surface area (Å²) in [5.74, 6) is 0.331. The topological polar surface area (TPSA) is 77.7 Å². The van der Waals surface area contributed by atoms with Crippen molar-refractivity contribution in [1.29, 1.82) is 0 Å². The molecule has 2 heterocycles. The first-order valence-corrected chi connectivity index (χ1v) is 12.1. The van der Waals surface area contributed by atoms with Gasteiger partial charge in [0.25, 0.3) is 5.91 Å². The summed E-state index contributed by atoms with van der Waals surface area (Å²) in [6.07, 6.45) is 9.07. The number of halogens is 2. The third-order valence-electron chi connectivity index (χ3n) is 5.48. The highest BCUT2D eigenvalue weighted by atomic mass is 35.5. The maximum atomic E-state index is 13.3. The molecule has 4 rings (SSSR count). The molecule has 1 N–H and O–H groups in total. The second-order valence-corrected chi connectivity index (χ2v) is 8.95. The molecule has 0 radical (unpaired) electrons. The summed E-state index contributed by atoms with van der Waals surface area (Å²) in [6, 6.07) is 11.6. The van der Waals surface area contributed by atoms with Crippen LogP contribution in [0.2, 0.25) is 10.0 Å². The highest BCUT2D eigenvalue weighted by molar-refractivity contribution is 6.41. The van der Waals surface area contributed by atoms with E-state index in [0.717, 1.165) is 5.56 Å². The largest absolute Gasteiger partial charge is 0.491 e. The first kappa shape index (κ1) is 25.7. The van der Waals surface area contributed by atoms with Crippen molar-refractivity contribution in [3.05, 3.63) is 94.0 Å². The van der Waals surface area contributed by atoms with E-state index in [2.05, 4.69) is 15.4 Å². The van der Waals surface area contributed by atoms with Crippen molar-refractivity contribution in [2.24, 2.45) is 4.99 Å². The number of nitrogens with one attached hydrogen (secondary N) is 1. The fourth-order valence-corrected chi connectivity index (χ4v) is 4.33. The van der Waals surface area contributed by atoms with E-state index in [1.165, 1.54) is 0 Å². The molecule has 0 unspecified atom stereocenters. The van der Waals surface area contributed by atoms with E-state index in [9.17, 15) is 4.79 Å². The molecule has 2 aromatic carbocycles. The summed E-state index contributed by atoms with van der Waals surface area (Å²) in [7, 11) is 1.62. The highest BCUT2D eigenvalue weighted by Gasteiger charge is 2.19. The number of methoxy groups -OCH3 is 1. The Morgan fingerprint density at radius 2 is 1.97 bits per heavy atom. The third-order valence-corrected chi connectivity index (χ3v) is 6.07. The van der Waals surface area contributed by atoms with Crippen molar-refractivity contribution < 1.29 is 14.3 Å². The second kappa shape index (κ2) is 12.0. The Morgan fingerprint density at radius 1 is 1.17 bits per heavy atom. The van der Waals surface area contributed by atoms with E-state index in [4.69, 9.17) is 32.7 Å². The maximum absolute atomic E-state index is 13.3. The molecule has 0 saturated heterocycles. The van der Waals surface area contributed by atoms with Crippen LogP contribution in [0.15, 0.2) is 83.3 Å². The molecule has 1 aliphatic heterocycles. The van der Waals surface area contributed by atoms with Gasteiger partial charge in [-0.1, -0.05) is 59.6 Å². The molecule has 0 aliphatic carbocycles. The molecule has 0 atom stereocenters. The van der Waals surface area contributed by atoms with Gasteiger partial charge in [-0.15, -0.1) is 0 Å². The van der Waals surface area contributed by atoms with Crippen LogP contribution in [0.4, 0.5) is 5.69 Å². The molecule has 0 bridgehead atoms. The number of aromatic nitrogens is 2. The molecular formula is C27H26Cl2N4O3. The van der Waals surface area contributed by atoms with Crippen LogP contribution in [-0.4, -0.2) is 41.7 Å². The van der Waals surface area contributed by atoms with Gasteiger partial charge < -0.3 is 14.8 Å². The number of carbonyl (C=O) groups is 1. The van der Waals surface area contributed by atoms with Crippen LogP contribution >= 0.6 is 23.2 Å². The van der Waals surface area contributed by atoms with Gasteiger partial charge in [0.2, 0.25) is 0 Å². The number of amides is 1. The molecular weight excluding hydrogens is 499 g/mol. The summed E-state index contributed by atoms with van der Waals surface area (Å²) < 4.78 is 12.5. The molecule has 3 aromatic rings. The number of carbonyl (C=O) groups excluding carboxylic acids is 1. The van der Waals surface area contributed by atoms with Gasteiger partial charge in [-0.2, -0.15) is 5.10 Å². The Kier molecular flexibility index (Phi) is 8.59. The fraction of sp³-hybridized carbons (Fsp3) is 0.222. The summed E-state index contributed by atoms with van der Waals surface area (Å²) >= 11 is 13.1. The van der Waals surface area contributed by atoms with Gasteiger partial charge in [0.1, 0.15) is 12.4 Å². The predicted octanol–water partition coefficient (Wildman–Crippen LogP) is 6.18. The summed E-state index contributed by atoms with van der Waals surface area (Å²) in [4.78, 5) is 17.7. The monoisotopic (exact) mass is 524 g/mol. The fourth-order valence-electron chi connectivity index (χ4n) is 3.71. The molecule has 186 valence electrons. The second-order valence-electron chi connectivity index (χ2n) is 8.14. The Morgan fingerprint density at radius 3 is 2.75 bits per heavy atom. The lowest BCUT2D eigenvalue weighted by atomic mass is 10.1. The SMILES string of the molecule is COCCOC1=CC(C)=N/C=C(/C(=O)Nc2c(Cl)cc(Cl)c3c2cnn3Cc2ccccc2)CC=C1. The van der Waals surface area contributed by atoms with Crippen molar-refractivity contribution in [3.8, 4) is 0 Å². The average Bonchev–Trinajstić information content (AvgIpc) is 3.30. The Hall–Kier alpha value is -3.39. The lowest BCUT2D eigenvalue weighted by Gasteiger charge is -2.12. The lowest BCUT2D eigenvalue weighted by Crippen LogP contribution is -2.15. The molecule has 7 nitrogen and oxygen atoms in total. The summed E-state index contributed by atoms with van der Waals surface area (Å²) in [5.41, 5.74) is 3.39. The highest BCUT2D eigenvalue weighted by Crippen LogP contribution is 2.37. The minimum Gasteiger partial charge on any atom is -0.491 e. The van der Waals surface area contributed by atoms with Crippen LogP contribution in [0.25, 0.3) is 10.9 Å². The van der Waals surface area contributed by atoms with Crippen molar-refractivity contribution in [2.75, 3.05) is 25.6 Å². The van der Waals surface area contributed by atoms with Crippen LogP contribution in [0, 0.1) is 0 Å². The minimum absolute atomic E-state index is 0.318. The van der Waals surface area contributed by atoms with Crippen LogP contribution in [-0.2, 0) is 20.8 Å². The smallest absolute Gasteiger partial charge is 0.253 e. The lowest BCUT2D eigenvalue weighted by molar-refractivity contribution is -0.112. The van der Waals surface area contributed by atoms with Crippen molar-refractivity contribution in [3.63, 3.8) is 0 Å². The van der Waals surface area contributed by atoms with E-state index in [0.29, 0.717) is 69.9 Å². The van der Waals surface area contributed by atoms with Gasteiger partial charge in [-0.3, -0.25) is 14.5 Å². The van der Waals surface area contributed by atoms with Gasteiger partial charge >= 0.3 is 0 Å². The average molecular weight is 525 g/mol. The first-order valence-electron chi connectivity index (χ1n) is 11.4. The molecule has 0 saturated carbocycles. The molecule has 0 spiro atoms. The number of aliphatic imine (C=N–C) groups is 1. The van der Waals surface area contributed by atoms with Crippen molar-refractivity contribution in [2.45, 2.75) is 19.9 Å². The molecule has 9 heteroatoms. The predicted molar refractivity (Wildman–Crippen MR) is 145 cm³/mol. The summed E-state index contributed by atoms with van der Waals surface area (Å²) in [6.45, 7) is 3.27. The number of hydrogen-bond donors (Lipinski definition) is 1. The van der Waals surface area contributed by atoms with Crippen molar-refractivity contribution >= 4 is 51.4 Å². The first-order chi connectivity index (χ1) is 17.5. The van der Waals surface area contributed by atoms with Gasteiger partial charge in [0, 0.05) is 36.1 Å². The van der Waals surface area contributed by atoms with Crippen molar-refractivity contribution in [1.82, 2.24) is 9.78 Å². The van der Waals surface area contributed by atoms with Crippen LogP contribution < -0.4 is 5.32 Å². The van der Waals surface area contributed by atoms with Crippen LogP contribution in [0.5, 0.6) is 0 Å². The molecule has 1 aliphatic rings. The number of allylic oxidation sites excluding steroid dienone is 3. The Labute approximate surface area is 219 Å². The molecule has 36 heavy (non-hydrogen) atoms. The van der Waals surface area contributed by atoms with Gasteiger partial charge in [-0.05, 0) is 31.1 Å². The van der Waals surface area contributed by atoms with Crippen LogP contribution in [0.1, 0.15) is 18.9 Å². The van der Waals surface area contributed by atoms with E-state index >= 15 is 0 Å². The maximum Gasteiger partial charge on any atom is 0.253 e. The zero-order chi connectivity index (χ0) is 25.5. The quantitative estimate of drug-likeness (QED) is 0.356. The Balaban J connectivity index is 1.57. The number of fused-ring (bicyclic) bond motifs is 1. The number of nitrogens with zero attached hydrogens (tertiary/aromatic N) is 3. The van der Waals surface area contributed by atoms with E-state index in [1.54, 1.807) is 30.3 Å². The van der Waals surface area contributed by atoms with Gasteiger partial charge in [-0.25, -0.2) is 0 Å². The number of rotatable bonds is 8. The number of hydrogen-bond acceptors (Lipinski definition) is 5. The minimum atomic E-state index is -0.318. The molecule has 1 aromatic heterocycles. The zero-order valence-corrected chi connectivity index (χ0v) is 21.5. The number of anilines is 1. The van der Waals surface area contributed by atoms with Gasteiger partial charge in [0.05, 0.1) is 40.6 Å². The molecule has 0 fully saturated rings. The van der Waals surface area contributed by atoms with E-state index in [-0.39, 0.29) is 5.91 Å². The third kappa shape index (κ3) is 6.23. The van der Waals surface area contributed by atoms with E-state index in [1.807, 2.05) is 55.5 Å². The zero-order valence-electron chi connectivity index (χ0n) is 20.0. The van der Waals surface area contributed by atoms with E-state index < -0.39 is 0 Å². The van der Waals surface area contributed by atoms with Gasteiger partial charge in [0.15, 0.2) is 0 Å².